The molecule has 160 valence electrons. The van der Waals surface area contributed by atoms with Gasteiger partial charge in [-0.05, 0) is 51.1 Å². The zero-order valence-corrected chi connectivity index (χ0v) is 18.3. The number of nitrogens with one attached hydrogen (secondary N) is 1. The summed E-state index contributed by atoms with van der Waals surface area (Å²) in [5.74, 6) is 2.03. The van der Waals surface area contributed by atoms with E-state index in [1.165, 1.54) is 12.5 Å². The molecule has 0 unspecified atom stereocenters. The van der Waals surface area contributed by atoms with E-state index in [2.05, 4.69) is 24.8 Å². The topological polar surface area (TPSA) is 117 Å². The van der Waals surface area contributed by atoms with Crippen LogP contribution in [0, 0.1) is 20.8 Å². The Morgan fingerprint density at radius 1 is 1.03 bits per heavy atom. The van der Waals surface area contributed by atoms with E-state index < -0.39 is 10.0 Å². The average Bonchev–Trinajstić information content (AvgIpc) is 3.24. The SMILES string of the molecule is Cc1cc(C)n(-c2cc(Oc3ccc(NS(=O)(=O)c4cn(C)c(C)n4)cc3)ncn2)n1. The van der Waals surface area contributed by atoms with Crippen LogP contribution in [0.1, 0.15) is 17.2 Å². The maximum atomic E-state index is 12.5. The number of imidazole rings is 1. The molecule has 0 radical (unpaired) electrons. The van der Waals surface area contributed by atoms with Gasteiger partial charge in [0, 0.05) is 30.7 Å². The zero-order valence-electron chi connectivity index (χ0n) is 17.4. The minimum absolute atomic E-state index is 0.0366. The Morgan fingerprint density at radius 2 is 1.77 bits per heavy atom. The highest BCUT2D eigenvalue weighted by molar-refractivity contribution is 7.92. The number of hydrogen-bond donors (Lipinski definition) is 1. The number of sulfonamides is 1. The molecule has 0 atom stereocenters. The van der Waals surface area contributed by atoms with Gasteiger partial charge in [-0.3, -0.25) is 4.72 Å². The molecule has 4 rings (SSSR count). The van der Waals surface area contributed by atoms with E-state index in [1.807, 2.05) is 19.9 Å². The molecule has 0 fully saturated rings. The number of hydrogen-bond acceptors (Lipinski definition) is 7. The Balaban J connectivity index is 1.49. The smallest absolute Gasteiger partial charge is 0.280 e. The summed E-state index contributed by atoms with van der Waals surface area (Å²) < 4.78 is 36.7. The van der Waals surface area contributed by atoms with Crippen molar-refractivity contribution in [3.05, 3.63) is 66.1 Å². The highest BCUT2D eigenvalue weighted by atomic mass is 32.2. The molecule has 0 aliphatic heterocycles. The number of benzene rings is 1. The molecule has 31 heavy (non-hydrogen) atoms. The van der Waals surface area contributed by atoms with Gasteiger partial charge in [-0.25, -0.2) is 19.6 Å². The average molecular weight is 440 g/mol. The number of rotatable bonds is 6. The van der Waals surface area contributed by atoms with E-state index in [4.69, 9.17) is 4.74 Å². The van der Waals surface area contributed by atoms with Crippen LogP contribution in [0.15, 0.2) is 53.9 Å². The molecule has 0 spiro atoms. The number of aryl methyl sites for hydroxylation is 4. The van der Waals surface area contributed by atoms with Crippen LogP contribution in [-0.2, 0) is 17.1 Å². The van der Waals surface area contributed by atoms with Crippen LogP contribution >= 0.6 is 0 Å². The quantitative estimate of drug-likeness (QED) is 0.491. The largest absolute Gasteiger partial charge is 0.439 e. The molecular weight excluding hydrogens is 418 g/mol. The summed E-state index contributed by atoms with van der Waals surface area (Å²) in [6, 6.07) is 10.1. The second-order valence-electron chi connectivity index (χ2n) is 7.02. The Kier molecular flexibility index (Phi) is 5.19. The normalized spacial score (nSPS) is 11.5. The molecule has 3 heterocycles. The van der Waals surface area contributed by atoms with Crippen LogP contribution in [0.3, 0.4) is 0 Å². The number of nitrogens with zero attached hydrogens (tertiary/aromatic N) is 6. The Bertz CT molecular complexity index is 1320. The molecule has 0 saturated carbocycles. The van der Waals surface area contributed by atoms with Crippen molar-refractivity contribution in [1.82, 2.24) is 29.3 Å². The van der Waals surface area contributed by atoms with E-state index >= 15 is 0 Å². The van der Waals surface area contributed by atoms with Crippen LogP contribution < -0.4 is 9.46 Å². The van der Waals surface area contributed by atoms with E-state index in [9.17, 15) is 8.42 Å². The monoisotopic (exact) mass is 439 g/mol. The molecule has 0 amide bonds. The maximum Gasteiger partial charge on any atom is 0.280 e. The van der Waals surface area contributed by atoms with Crippen LogP contribution in [0.4, 0.5) is 5.69 Å². The molecule has 1 aromatic carbocycles. The third-order valence-electron chi connectivity index (χ3n) is 4.54. The third kappa shape index (κ3) is 4.40. The maximum absolute atomic E-state index is 12.5. The second kappa shape index (κ2) is 7.84. The van der Waals surface area contributed by atoms with Crippen molar-refractivity contribution < 1.29 is 13.2 Å². The molecule has 0 bridgehead atoms. The molecule has 11 heteroatoms. The molecule has 10 nitrogen and oxygen atoms in total. The number of anilines is 1. The van der Waals surface area contributed by atoms with Gasteiger partial charge in [-0.2, -0.15) is 13.5 Å². The summed E-state index contributed by atoms with van der Waals surface area (Å²) >= 11 is 0. The minimum Gasteiger partial charge on any atom is -0.439 e. The predicted octanol–water partition coefficient (Wildman–Crippen LogP) is 2.91. The predicted molar refractivity (Wildman–Crippen MR) is 114 cm³/mol. The van der Waals surface area contributed by atoms with Gasteiger partial charge in [0.1, 0.15) is 17.9 Å². The third-order valence-corrected chi connectivity index (χ3v) is 5.80. The first-order valence-electron chi connectivity index (χ1n) is 9.38. The lowest BCUT2D eigenvalue weighted by molar-refractivity contribution is 0.460. The lowest BCUT2D eigenvalue weighted by Crippen LogP contribution is -2.13. The van der Waals surface area contributed by atoms with Gasteiger partial charge in [0.05, 0.1) is 5.69 Å². The lowest BCUT2D eigenvalue weighted by atomic mass is 10.3. The highest BCUT2D eigenvalue weighted by Crippen LogP contribution is 2.24. The van der Waals surface area contributed by atoms with Crippen molar-refractivity contribution >= 4 is 15.7 Å². The van der Waals surface area contributed by atoms with Crippen LogP contribution in [0.2, 0.25) is 0 Å². The molecule has 1 N–H and O–H groups in total. The van der Waals surface area contributed by atoms with Crippen molar-refractivity contribution in [3.8, 4) is 17.4 Å². The summed E-state index contributed by atoms with van der Waals surface area (Å²) in [5, 5.41) is 4.37. The van der Waals surface area contributed by atoms with Crippen molar-refractivity contribution in [2.45, 2.75) is 25.8 Å². The number of ether oxygens (including phenoxy) is 1. The van der Waals surface area contributed by atoms with Crippen molar-refractivity contribution in [2.75, 3.05) is 4.72 Å². The summed E-state index contributed by atoms with van der Waals surface area (Å²) in [5.41, 5.74) is 2.22. The second-order valence-corrected chi connectivity index (χ2v) is 8.65. The highest BCUT2D eigenvalue weighted by Gasteiger charge is 2.18. The minimum atomic E-state index is -3.78. The van der Waals surface area contributed by atoms with Crippen LogP contribution in [0.5, 0.6) is 11.6 Å². The molecule has 0 saturated heterocycles. The van der Waals surface area contributed by atoms with Gasteiger partial charge in [-0.1, -0.05) is 0 Å². The van der Waals surface area contributed by atoms with Crippen LogP contribution in [-0.4, -0.2) is 37.7 Å². The van der Waals surface area contributed by atoms with Crippen molar-refractivity contribution in [3.63, 3.8) is 0 Å². The summed E-state index contributed by atoms with van der Waals surface area (Å²) in [7, 11) is -2.04. The summed E-state index contributed by atoms with van der Waals surface area (Å²) in [6.07, 6.45) is 2.86. The fraction of sp³-hybridized carbons (Fsp3) is 0.200. The lowest BCUT2D eigenvalue weighted by Gasteiger charge is -2.09. The first-order chi connectivity index (χ1) is 14.7. The molecule has 4 aromatic rings. The van der Waals surface area contributed by atoms with Gasteiger partial charge in [0.25, 0.3) is 10.0 Å². The van der Waals surface area contributed by atoms with E-state index in [-0.39, 0.29) is 5.03 Å². The Hall–Kier alpha value is -3.73. The van der Waals surface area contributed by atoms with Gasteiger partial charge in [0.2, 0.25) is 5.88 Å². The molecule has 3 aromatic heterocycles. The van der Waals surface area contributed by atoms with E-state index in [0.29, 0.717) is 29.0 Å². The first kappa shape index (κ1) is 20.5. The Morgan fingerprint density at radius 3 is 2.39 bits per heavy atom. The van der Waals surface area contributed by atoms with Crippen molar-refractivity contribution in [2.24, 2.45) is 7.05 Å². The van der Waals surface area contributed by atoms with Gasteiger partial charge in [0.15, 0.2) is 10.8 Å². The fourth-order valence-electron chi connectivity index (χ4n) is 2.94. The van der Waals surface area contributed by atoms with Gasteiger partial charge in [-0.15, -0.1) is 0 Å². The molecule has 0 aliphatic rings. The fourth-order valence-corrected chi connectivity index (χ4v) is 4.04. The zero-order chi connectivity index (χ0) is 22.2. The van der Waals surface area contributed by atoms with Gasteiger partial charge >= 0.3 is 0 Å². The van der Waals surface area contributed by atoms with E-state index in [1.54, 1.807) is 53.6 Å². The van der Waals surface area contributed by atoms with Crippen molar-refractivity contribution in [1.29, 1.82) is 0 Å². The standard InChI is InChI=1S/C20H21N7O3S/c1-13-9-14(2)27(24-13)18-10-19(22-12-21-18)30-17-7-5-16(6-8-17)25-31(28,29)20-11-26(4)15(3)23-20/h5-12,25H,1-4H3. The Labute approximate surface area is 179 Å². The molecule has 0 aliphatic carbocycles. The van der Waals surface area contributed by atoms with E-state index in [0.717, 1.165) is 11.4 Å². The van der Waals surface area contributed by atoms with Crippen LogP contribution in [0.25, 0.3) is 5.82 Å². The summed E-state index contributed by atoms with van der Waals surface area (Å²) in [4.78, 5) is 12.4. The van der Waals surface area contributed by atoms with Gasteiger partial charge < -0.3 is 9.30 Å². The molecular formula is C20H21N7O3S. The number of aromatic nitrogens is 6. The summed E-state index contributed by atoms with van der Waals surface area (Å²) in [6.45, 7) is 5.58. The first-order valence-corrected chi connectivity index (χ1v) is 10.9.